The number of halogens is 3. The van der Waals surface area contributed by atoms with Crippen LogP contribution in [-0.2, 0) is 38.1 Å². The third-order valence-corrected chi connectivity index (χ3v) is 16.2. The summed E-state index contributed by atoms with van der Waals surface area (Å²) in [6, 6.07) is 33.3. The van der Waals surface area contributed by atoms with Gasteiger partial charge in [-0.3, -0.25) is 43.2 Å². The van der Waals surface area contributed by atoms with Crippen LogP contribution >= 0.6 is 45.8 Å². The van der Waals surface area contributed by atoms with E-state index in [4.69, 9.17) is 58.1 Å². The number of benzene rings is 6. The monoisotopic (exact) mass is 1710 g/mol. The Hall–Kier alpha value is -9.76. The standard InChI is InChI=1S/C17H23NO3.C16H21NO4.2C10H9ClO.C10H10O2.C8H7IO2.2C7H15NO2.C3H9N/c1-6-14-10-8-9-13(5)16(14)17(20)18(12(3)4)11-15(19)21-7-2;1-5-21-14(19)9-17(11(2)3)16(20)15-12(4)7-6-8-13(15)10-18;3*1-3-8-6-4-5-7(2)9(8)10(11)12;1-5-3-2-4-6(9)7(5)8(10)11;2*1-4-10-7(9)5-8-6(2)3;1-3(2)4/h6,8-10,12H,1,7,11H2,2-5H3;6-8,10-11H,5,9H2,1-4H3;2*3-6H,1H2,2H3;3-6H,1H2,2H3,(H,11,12);2-4H,1H3,(H,10,11);2*6,8H,4-5H2,1-3H3;3H,4H2,1-2H3. The molecule has 0 heterocycles. The molecule has 0 radical (unpaired) electrons. The number of carbonyl (C=O) groups is 11. The van der Waals surface area contributed by atoms with Crippen molar-refractivity contribution in [3.8, 4) is 0 Å². The normalized spacial score (nSPS) is 9.88. The van der Waals surface area contributed by atoms with Crippen LogP contribution in [0.15, 0.2) is 136 Å². The molecule has 6 rings (SSSR count). The van der Waals surface area contributed by atoms with Crippen molar-refractivity contribution < 1.29 is 81.9 Å². The van der Waals surface area contributed by atoms with Gasteiger partial charge >= 0.3 is 35.8 Å². The van der Waals surface area contributed by atoms with E-state index in [0.29, 0.717) is 107 Å². The second-order valence-corrected chi connectivity index (χ2v) is 27.7. The van der Waals surface area contributed by atoms with Gasteiger partial charge in [0.2, 0.25) is 0 Å². The number of nitrogens with one attached hydrogen (secondary N) is 2. The van der Waals surface area contributed by atoms with Crippen molar-refractivity contribution in [3.05, 3.63) is 234 Å². The lowest BCUT2D eigenvalue weighted by molar-refractivity contribution is -0.145. The van der Waals surface area contributed by atoms with Crippen LogP contribution in [0.5, 0.6) is 0 Å². The van der Waals surface area contributed by atoms with Crippen molar-refractivity contribution >= 4 is 134 Å². The molecule has 0 aromatic heterocycles. The predicted molar refractivity (Wildman–Crippen MR) is 464 cm³/mol. The highest BCUT2D eigenvalue weighted by Gasteiger charge is 2.27. The van der Waals surface area contributed by atoms with Gasteiger partial charge in [0.05, 0.1) is 56.2 Å². The summed E-state index contributed by atoms with van der Waals surface area (Å²) in [5.74, 6) is -3.48. The van der Waals surface area contributed by atoms with Crippen LogP contribution in [0.4, 0.5) is 0 Å². The highest BCUT2D eigenvalue weighted by molar-refractivity contribution is 14.1. The zero-order valence-electron chi connectivity index (χ0n) is 69.3. The van der Waals surface area contributed by atoms with Gasteiger partial charge in [-0.1, -0.05) is 195 Å². The Kier molecular flexibility index (Phi) is 57.0. The van der Waals surface area contributed by atoms with Crippen molar-refractivity contribution in [1.82, 2.24) is 20.4 Å². The molecule has 0 bridgehead atoms. The summed E-state index contributed by atoms with van der Waals surface area (Å²) in [7, 11) is 0. The maximum Gasteiger partial charge on any atom is 0.337 e. The van der Waals surface area contributed by atoms with Crippen LogP contribution in [-0.4, -0.2) is 167 Å². The van der Waals surface area contributed by atoms with E-state index in [1.807, 2.05) is 179 Å². The first-order valence-electron chi connectivity index (χ1n) is 36.5. The van der Waals surface area contributed by atoms with Crippen molar-refractivity contribution in [2.24, 2.45) is 5.73 Å². The largest absolute Gasteiger partial charge is 0.478 e. The van der Waals surface area contributed by atoms with Gasteiger partial charge in [0.1, 0.15) is 13.1 Å². The quantitative estimate of drug-likeness (QED) is 0.0105. The van der Waals surface area contributed by atoms with Crippen LogP contribution in [0.3, 0.4) is 0 Å². The minimum absolute atomic E-state index is 0.0464. The summed E-state index contributed by atoms with van der Waals surface area (Å²) < 4.78 is 20.0. The highest BCUT2D eigenvalue weighted by Crippen LogP contribution is 2.23. The summed E-state index contributed by atoms with van der Waals surface area (Å²) in [5.41, 5.74) is 16.1. The molecule has 6 aromatic rings. The lowest BCUT2D eigenvalue weighted by Gasteiger charge is -2.27. The van der Waals surface area contributed by atoms with Crippen molar-refractivity contribution in [1.29, 1.82) is 0 Å². The third-order valence-electron chi connectivity index (χ3n) is 14.9. The van der Waals surface area contributed by atoms with Crippen LogP contribution in [0, 0.1) is 45.1 Å². The van der Waals surface area contributed by atoms with Crippen molar-refractivity contribution in [2.75, 3.05) is 52.6 Å². The molecule has 25 heteroatoms. The first kappa shape index (κ1) is 107. The smallest absolute Gasteiger partial charge is 0.337 e. The summed E-state index contributed by atoms with van der Waals surface area (Å²) in [6.07, 6.45) is 7.12. The number of aromatic carboxylic acids is 2. The second kappa shape index (κ2) is 59.9. The number of aryl methyl sites for hydroxylation is 6. The van der Waals surface area contributed by atoms with E-state index >= 15 is 0 Å². The number of esters is 4. The van der Waals surface area contributed by atoms with E-state index < -0.39 is 34.4 Å². The number of nitrogens with two attached hydrogens (primary N) is 1. The SMILES string of the molecule is C=Cc1cccc(C)c1C(=O)Cl.C=Cc1cccc(C)c1C(=O)Cl.C=Cc1cccc(C)c1C(=O)N(CC(=O)OCC)C(C)C.C=Cc1cccc(C)c1C(=O)O.CC(C)N.CCOC(=O)CN(C(=O)c1c(C)cccc1C=O)C(C)C.CCOC(=O)CNC(C)C.CCOC(=O)CNC(C)C.Cc1cccc(I)c1C(=O)O. The van der Waals surface area contributed by atoms with Gasteiger partial charge in [-0.2, -0.15) is 0 Å². The Balaban J connectivity index is -0.00000124. The van der Waals surface area contributed by atoms with Crippen LogP contribution in [0.2, 0.25) is 0 Å². The van der Waals surface area contributed by atoms with E-state index in [9.17, 15) is 52.7 Å². The van der Waals surface area contributed by atoms with E-state index in [0.717, 1.165) is 48.1 Å². The molecular formula is C88H118Cl2IN5O17. The fraction of sp³-hybridized carbons (Fsp3) is 0.375. The number of carboxylic acids is 2. The number of rotatable bonds is 27. The van der Waals surface area contributed by atoms with Crippen molar-refractivity contribution in [2.45, 2.75) is 169 Å². The summed E-state index contributed by atoms with van der Waals surface area (Å²) in [5, 5.41) is 22.6. The Morgan fingerprint density at radius 2 is 0.655 bits per heavy atom. The third kappa shape index (κ3) is 43.2. The Bertz CT molecular complexity index is 3790. The number of carbonyl (C=O) groups excluding carboxylic acids is 9. The number of carboxylic acid groups (broad SMARTS) is 2. The van der Waals surface area contributed by atoms with Gasteiger partial charge < -0.3 is 55.3 Å². The fourth-order valence-corrected chi connectivity index (χ4v) is 10.9. The van der Waals surface area contributed by atoms with Gasteiger partial charge in [-0.05, 0) is 210 Å². The van der Waals surface area contributed by atoms with E-state index in [1.165, 1.54) is 9.80 Å². The minimum atomic E-state index is -0.900. The van der Waals surface area contributed by atoms with Crippen LogP contribution < -0.4 is 16.4 Å². The van der Waals surface area contributed by atoms with Crippen LogP contribution in [0.1, 0.15) is 225 Å². The second-order valence-electron chi connectivity index (χ2n) is 25.8. The van der Waals surface area contributed by atoms with Gasteiger partial charge in [0.25, 0.3) is 22.3 Å². The Morgan fingerprint density at radius 1 is 0.416 bits per heavy atom. The predicted octanol–water partition coefficient (Wildman–Crippen LogP) is 17.4. The Morgan fingerprint density at radius 3 is 0.876 bits per heavy atom. The molecule has 6 N–H and O–H groups in total. The molecule has 618 valence electrons. The zero-order valence-corrected chi connectivity index (χ0v) is 72.9. The molecule has 0 atom stereocenters. The first-order valence-corrected chi connectivity index (χ1v) is 38.4. The fourth-order valence-electron chi connectivity index (χ4n) is 9.50. The van der Waals surface area contributed by atoms with E-state index in [1.54, 1.807) is 115 Å². The average molecular weight is 1720 g/mol. The minimum Gasteiger partial charge on any atom is -0.478 e. The molecule has 2 amide bonds. The summed E-state index contributed by atoms with van der Waals surface area (Å²) >= 11 is 12.8. The molecule has 0 aliphatic rings. The number of hydrogen-bond acceptors (Lipinski definition) is 18. The summed E-state index contributed by atoms with van der Waals surface area (Å²) in [6.45, 7) is 53.6. The average Bonchev–Trinajstić information content (AvgIpc) is 0.815. The molecule has 0 aliphatic carbocycles. The number of aldehydes is 1. The Labute approximate surface area is 693 Å². The molecule has 0 saturated heterocycles. The zero-order chi connectivity index (χ0) is 87.4. The number of hydrogen-bond donors (Lipinski definition) is 5. The molecule has 0 aliphatic heterocycles. The molecule has 113 heavy (non-hydrogen) atoms. The number of amides is 2. The van der Waals surface area contributed by atoms with Gasteiger partial charge in [-0.15, -0.1) is 0 Å². The van der Waals surface area contributed by atoms with Crippen LogP contribution in [0.25, 0.3) is 24.3 Å². The molecule has 0 saturated carbocycles. The van der Waals surface area contributed by atoms with E-state index in [-0.39, 0.29) is 55.5 Å². The van der Waals surface area contributed by atoms with E-state index in [2.05, 4.69) is 36.9 Å². The molecule has 0 unspecified atom stereocenters. The number of nitrogens with zero attached hydrogens (tertiary/aromatic N) is 2. The lowest BCUT2D eigenvalue weighted by atomic mass is 10.00. The van der Waals surface area contributed by atoms with Gasteiger partial charge in [0, 0.05) is 50.0 Å². The molecule has 22 nitrogen and oxygen atoms in total. The van der Waals surface area contributed by atoms with Gasteiger partial charge in [0.15, 0.2) is 6.29 Å². The maximum atomic E-state index is 12.8. The first-order chi connectivity index (χ1) is 53.0. The lowest BCUT2D eigenvalue weighted by Crippen LogP contribution is -2.42. The molecule has 6 aromatic carbocycles. The molecular weight excluding hydrogens is 1600 g/mol. The topological polar surface area (TPSA) is 322 Å². The van der Waals surface area contributed by atoms with Crippen molar-refractivity contribution in [3.63, 3.8) is 0 Å². The maximum absolute atomic E-state index is 12.8. The molecule has 0 fully saturated rings. The summed E-state index contributed by atoms with van der Waals surface area (Å²) in [4.78, 5) is 128. The number of ether oxygens (including phenoxy) is 4. The van der Waals surface area contributed by atoms with Gasteiger partial charge in [-0.25, -0.2) is 9.59 Å². The molecule has 0 spiro atoms. The highest BCUT2D eigenvalue weighted by atomic mass is 127.